The Kier molecular flexibility index (Phi) is 4.30. The van der Waals surface area contributed by atoms with Crippen molar-refractivity contribution in [2.75, 3.05) is 10.6 Å². The summed E-state index contributed by atoms with van der Waals surface area (Å²) < 4.78 is 26.5. The number of hydrogen-bond acceptors (Lipinski definition) is 2. The fourth-order valence-electron chi connectivity index (χ4n) is 1.79. The van der Waals surface area contributed by atoms with Crippen molar-refractivity contribution in [3.63, 3.8) is 0 Å². The molecule has 3 nitrogen and oxygen atoms in total. The molecule has 0 saturated carbocycles. The Labute approximate surface area is 115 Å². The van der Waals surface area contributed by atoms with Gasteiger partial charge in [0.2, 0.25) is 5.91 Å². The lowest BCUT2D eigenvalue weighted by atomic mass is 10.2. The zero-order valence-electron chi connectivity index (χ0n) is 10.9. The largest absolute Gasteiger partial charge is 0.381 e. The van der Waals surface area contributed by atoms with Gasteiger partial charge in [-0.1, -0.05) is 18.2 Å². The molecule has 0 spiro atoms. The van der Waals surface area contributed by atoms with Crippen LogP contribution in [0.25, 0.3) is 0 Å². The summed E-state index contributed by atoms with van der Waals surface area (Å²) in [6.07, 6.45) is 0. The van der Waals surface area contributed by atoms with Gasteiger partial charge in [-0.2, -0.15) is 0 Å². The van der Waals surface area contributed by atoms with Crippen LogP contribution in [-0.4, -0.2) is 5.91 Å². The van der Waals surface area contributed by atoms with Gasteiger partial charge < -0.3 is 10.6 Å². The molecule has 0 radical (unpaired) electrons. The van der Waals surface area contributed by atoms with E-state index < -0.39 is 11.6 Å². The monoisotopic (exact) mass is 276 g/mol. The highest BCUT2D eigenvalue weighted by molar-refractivity contribution is 5.89. The summed E-state index contributed by atoms with van der Waals surface area (Å²) in [5, 5.41) is 5.64. The zero-order chi connectivity index (χ0) is 14.5. The van der Waals surface area contributed by atoms with Crippen molar-refractivity contribution in [2.24, 2.45) is 0 Å². The summed E-state index contributed by atoms with van der Waals surface area (Å²) in [6.45, 7) is 1.58. The zero-order valence-corrected chi connectivity index (χ0v) is 10.9. The number of amides is 1. The molecule has 0 unspecified atom stereocenters. The first-order valence-corrected chi connectivity index (χ1v) is 6.10. The van der Waals surface area contributed by atoms with E-state index >= 15 is 0 Å². The molecule has 0 heterocycles. The van der Waals surface area contributed by atoms with Gasteiger partial charge in [-0.05, 0) is 24.3 Å². The van der Waals surface area contributed by atoms with E-state index in [0.717, 1.165) is 6.07 Å². The Morgan fingerprint density at radius 3 is 2.55 bits per heavy atom. The van der Waals surface area contributed by atoms with Gasteiger partial charge in [0, 0.05) is 30.4 Å². The maximum atomic E-state index is 13.5. The van der Waals surface area contributed by atoms with Crippen molar-refractivity contribution in [1.29, 1.82) is 0 Å². The van der Waals surface area contributed by atoms with Crippen LogP contribution in [0.1, 0.15) is 12.5 Å². The molecule has 20 heavy (non-hydrogen) atoms. The lowest BCUT2D eigenvalue weighted by Crippen LogP contribution is -2.07. The quantitative estimate of drug-likeness (QED) is 0.896. The third kappa shape index (κ3) is 3.54. The lowest BCUT2D eigenvalue weighted by Gasteiger charge is -2.09. The van der Waals surface area contributed by atoms with Crippen molar-refractivity contribution in [3.8, 4) is 0 Å². The minimum Gasteiger partial charge on any atom is -0.381 e. The van der Waals surface area contributed by atoms with Crippen LogP contribution in [-0.2, 0) is 11.3 Å². The van der Waals surface area contributed by atoms with Crippen molar-refractivity contribution in [1.82, 2.24) is 0 Å². The highest BCUT2D eigenvalue weighted by Gasteiger charge is 2.07. The van der Waals surface area contributed by atoms with Crippen LogP contribution in [0.2, 0.25) is 0 Å². The van der Waals surface area contributed by atoms with E-state index in [1.54, 1.807) is 24.3 Å². The minimum absolute atomic E-state index is 0.160. The van der Waals surface area contributed by atoms with E-state index in [4.69, 9.17) is 0 Å². The normalized spacial score (nSPS) is 10.2. The summed E-state index contributed by atoms with van der Waals surface area (Å²) >= 11 is 0. The topological polar surface area (TPSA) is 41.1 Å². The summed E-state index contributed by atoms with van der Waals surface area (Å²) in [5.41, 5.74) is 1.59. The molecule has 0 saturated heterocycles. The summed E-state index contributed by atoms with van der Waals surface area (Å²) in [5.74, 6) is -1.88. The fraction of sp³-hybridized carbons (Fsp3) is 0.133. The Morgan fingerprint density at radius 2 is 1.80 bits per heavy atom. The number of carbonyl (C=O) groups is 1. The van der Waals surface area contributed by atoms with Crippen LogP contribution in [0.4, 0.5) is 20.2 Å². The van der Waals surface area contributed by atoms with Crippen molar-refractivity contribution in [2.45, 2.75) is 13.5 Å². The average Bonchev–Trinajstić information content (AvgIpc) is 2.40. The number of hydrogen-bond donors (Lipinski definition) is 2. The molecule has 2 rings (SSSR count). The second-order valence-electron chi connectivity index (χ2n) is 4.33. The van der Waals surface area contributed by atoms with E-state index in [1.807, 2.05) is 0 Å². The minimum atomic E-state index is -0.865. The smallest absolute Gasteiger partial charge is 0.221 e. The maximum Gasteiger partial charge on any atom is 0.221 e. The fourth-order valence-corrected chi connectivity index (χ4v) is 1.79. The van der Waals surface area contributed by atoms with Crippen LogP contribution in [0, 0.1) is 11.6 Å². The van der Waals surface area contributed by atoms with E-state index in [9.17, 15) is 13.6 Å². The number of nitrogens with one attached hydrogen (secondary N) is 2. The van der Waals surface area contributed by atoms with Crippen LogP contribution >= 0.6 is 0 Å². The van der Waals surface area contributed by atoms with E-state index in [-0.39, 0.29) is 18.0 Å². The van der Waals surface area contributed by atoms with Crippen LogP contribution in [0.3, 0.4) is 0 Å². The molecule has 0 atom stereocenters. The highest BCUT2D eigenvalue weighted by Crippen LogP contribution is 2.17. The molecule has 104 valence electrons. The number of anilines is 2. The van der Waals surface area contributed by atoms with E-state index in [2.05, 4.69) is 10.6 Å². The second kappa shape index (κ2) is 6.14. The molecule has 1 amide bonds. The summed E-state index contributed by atoms with van der Waals surface area (Å²) in [4.78, 5) is 11.0. The summed E-state index contributed by atoms with van der Waals surface area (Å²) in [6, 6.07) is 11.1. The lowest BCUT2D eigenvalue weighted by molar-refractivity contribution is -0.114. The van der Waals surface area contributed by atoms with Gasteiger partial charge in [-0.25, -0.2) is 8.78 Å². The van der Waals surface area contributed by atoms with Gasteiger partial charge in [0.1, 0.15) is 0 Å². The van der Waals surface area contributed by atoms with Crippen molar-refractivity contribution in [3.05, 3.63) is 59.7 Å². The Morgan fingerprint density at radius 1 is 1.10 bits per heavy atom. The molecular formula is C15H14F2N2O. The third-order valence-corrected chi connectivity index (χ3v) is 2.70. The van der Waals surface area contributed by atoms with E-state index in [1.165, 1.54) is 19.1 Å². The Hall–Kier alpha value is -2.43. The van der Waals surface area contributed by atoms with Gasteiger partial charge in [0.05, 0.1) is 0 Å². The van der Waals surface area contributed by atoms with Gasteiger partial charge >= 0.3 is 0 Å². The molecule has 0 fully saturated rings. The molecular weight excluding hydrogens is 262 g/mol. The predicted octanol–water partition coefficient (Wildman–Crippen LogP) is 3.54. The number of rotatable bonds is 4. The van der Waals surface area contributed by atoms with Crippen molar-refractivity contribution >= 4 is 17.3 Å². The number of carbonyl (C=O) groups excluding carboxylic acids is 1. The van der Waals surface area contributed by atoms with E-state index in [0.29, 0.717) is 11.4 Å². The first kappa shape index (κ1) is 14.0. The first-order valence-electron chi connectivity index (χ1n) is 6.10. The van der Waals surface area contributed by atoms with Crippen LogP contribution in [0.15, 0.2) is 42.5 Å². The molecule has 2 aromatic rings. The molecule has 5 heteroatoms. The standard InChI is InChI=1S/C15H14F2N2O/c1-10(20)19-13-6-3-5-12(8-13)18-9-11-4-2-7-14(16)15(11)17/h2-8,18H,9H2,1H3,(H,19,20). The maximum absolute atomic E-state index is 13.5. The molecule has 2 N–H and O–H groups in total. The molecule has 0 aliphatic rings. The highest BCUT2D eigenvalue weighted by atomic mass is 19.2. The third-order valence-electron chi connectivity index (χ3n) is 2.70. The SMILES string of the molecule is CC(=O)Nc1cccc(NCc2cccc(F)c2F)c1. The Balaban J connectivity index is 2.07. The van der Waals surface area contributed by atoms with Gasteiger partial charge in [-0.3, -0.25) is 4.79 Å². The van der Waals surface area contributed by atoms with Crippen LogP contribution in [0.5, 0.6) is 0 Å². The number of benzene rings is 2. The predicted molar refractivity (Wildman–Crippen MR) is 74.4 cm³/mol. The van der Waals surface area contributed by atoms with Gasteiger partial charge in [-0.15, -0.1) is 0 Å². The molecule has 2 aromatic carbocycles. The Bertz CT molecular complexity index is 629. The average molecular weight is 276 g/mol. The summed E-state index contributed by atoms with van der Waals surface area (Å²) in [7, 11) is 0. The second-order valence-corrected chi connectivity index (χ2v) is 4.33. The number of halogens is 2. The van der Waals surface area contributed by atoms with Crippen LogP contribution < -0.4 is 10.6 Å². The molecule has 0 aliphatic carbocycles. The van der Waals surface area contributed by atoms with Crippen molar-refractivity contribution < 1.29 is 13.6 Å². The van der Waals surface area contributed by atoms with Gasteiger partial charge in [0.25, 0.3) is 0 Å². The molecule has 0 bridgehead atoms. The molecule has 0 aromatic heterocycles. The molecule has 0 aliphatic heterocycles. The van der Waals surface area contributed by atoms with Gasteiger partial charge in [0.15, 0.2) is 11.6 Å². The first-order chi connectivity index (χ1) is 9.56.